The quantitative estimate of drug-likeness (QED) is 0.764. The second kappa shape index (κ2) is 4.72. The fraction of sp³-hybridized carbons (Fsp3) is 0.231. The predicted octanol–water partition coefficient (Wildman–Crippen LogP) is 3.42. The molecule has 0 atom stereocenters. The zero-order valence-electron chi connectivity index (χ0n) is 9.99. The van der Waals surface area contributed by atoms with E-state index in [9.17, 15) is 0 Å². The van der Waals surface area contributed by atoms with Crippen LogP contribution in [0.4, 0.5) is 0 Å². The predicted molar refractivity (Wildman–Crippen MR) is 68.5 cm³/mol. The minimum atomic E-state index is 0.253. The molecule has 0 bridgehead atoms. The average Bonchev–Trinajstić information content (AvgIpc) is 2.27. The van der Waals surface area contributed by atoms with E-state index in [1.54, 1.807) is 7.11 Å². The van der Waals surface area contributed by atoms with E-state index in [0.29, 0.717) is 0 Å². The van der Waals surface area contributed by atoms with Gasteiger partial charge in [-0.25, -0.2) is 9.97 Å². The van der Waals surface area contributed by atoms with Gasteiger partial charge in [0.2, 0.25) is 5.28 Å². The lowest BCUT2D eigenvalue weighted by atomic mass is 10.1. The molecule has 3 nitrogen and oxygen atoms in total. The van der Waals surface area contributed by atoms with E-state index in [4.69, 9.17) is 16.3 Å². The summed E-state index contributed by atoms with van der Waals surface area (Å²) in [5.41, 5.74) is 3.69. The Labute approximate surface area is 105 Å². The molecule has 0 aliphatic carbocycles. The molecule has 1 heterocycles. The number of aromatic nitrogens is 2. The Balaban J connectivity index is 2.62. The number of methoxy groups -OCH3 is 1. The normalized spacial score (nSPS) is 10.4. The number of halogens is 1. The smallest absolute Gasteiger partial charge is 0.223 e. The molecular formula is C13H13ClN2O. The minimum absolute atomic E-state index is 0.253. The number of benzene rings is 1. The lowest BCUT2D eigenvalue weighted by Crippen LogP contribution is -1.94. The van der Waals surface area contributed by atoms with Crippen molar-refractivity contribution in [3.05, 3.63) is 40.8 Å². The Morgan fingerprint density at radius 2 is 1.88 bits per heavy atom. The highest BCUT2D eigenvalue weighted by Crippen LogP contribution is 2.30. The van der Waals surface area contributed by atoms with Crippen LogP contribution in [-0.2, 0) is 0 Å². The molecule has 0 amide bonds. The van der Waals surface area contributed by atoms with Gasteiger partial charge in [0.25, 0.3) is 0 Å². The van der Waals surface area contributed by atoms with Crippen LogP contribution < -0.4 is 4.74 Å². The number of nitrogens with zero attached hydrogens (tertiary/aromatic N) is 2. The molecule has 0 unspecified atom stereocenters. The number of hydrogen-bond donors (Lipinski definition) is 0. The van der Waals surface area contributed by atoms with E-state index < -0.39 is 0 Å². The van der Waals surface area contributed by atoms with Gasteiger partial charge < -0.3 is 4.74 Å². The molecule has 4 heteroatoms. The third kappa shape index (κ3) is 2.56. The van der Waals surface area contributed by atoms with Gasteiger partial charge in [0, 0.05) is 11.3 Å². The summed E-state index contributed by atoms with van der Waals surface area (Å²) >= 11 is 5.87. The van der Waals surface area contributed by atoms with Gasteiger partial charge in [0.1, 0.15) is 5.75 Å². The van der Waals surface area contributed by atoms with E-state index >= 15 is 0 Å². The first kappa shape index (κ1) is 11.9. The highest BCUT2D eigenvalue weighted by Gasteiger charge is 2.09. The molecule has 0 saturated carbocycles. The van der Waals surface area contributed by atoms with Crippen molar-refractivity contribution in [1.82, 2.24) is 9.97 Å². The van der Waals surface area contributed by atoms with Crippen LogP contribution in [0.1, 0.15) is 11.3 Å². The molecule has 2 aromatic rings. The van der Waals surface area contributed by atoms with E-state index in [1.807, 2.05) is 38.1 Å². The summed E-state index contributed by atoms with van der Waals surface area (Å²) in [6, 6.07) is 7.84. The highest BCUT2D eigenvalue weighted by molar-refractivity contribution is 6.28. The van der Waals surface area contributed by atoms with Crippen LogP contribution >= 0.6 is 11.6 Å². The topological polar surface area (TPSA) is 35.0 Å². The van der Waals surface area contributed by atoms with Crippen molar-refractivity contribution in [2.45, 2.75) is 13.8 Å². The van der Waals surface area contributed by atoms with Crippen LogP contribution in [0.15, 0.2) is 24.3 Å². The molecule has 1 aromatic heterocycles. The fourth-order valence-corrected chi connectivity index (χ4v) is 1.92. The summed E-state index contributed by atoms with van der Waals surface area (Å²) in [5, 5.41) is 0.253. The van der Waals surface area contributed by atoms with Crippen molar-refractivity contribution in [3.8, 4) is 17.0 Å². The summed E-state index contributed by atoms with van der Waals surface area (Å²) in [5.74, 6) is 0.782. The maximum absolute atomic E-state index is 5.87. The molecule has 0 radical (unpaired) electrons. The van der Waals surface area contributed by atoms with E-state index in [0.717, 1.165) is 28.3 Å². The van der Waals surface area contributed by atoms with Crippen LogP contribution in [0.2, 0.25) is 5.28 Å². The maximum atomic E-state index is 5.87. The SMILES string of the molecule is COc1ccc(C)cc1-c1cc(C)nc(Cl)n1. The number of ether oxygens (including phenoxy) is 1. The first-order valence-corrected chi connectivity index (χ1v) is 5.64. The summed E-state index contributed by atoms with van der Waals surface area (Å²) in [6.07, 6.45) is 0. The molecule has 2 rings (SSSR count). The minimum Gasteiger partial charge on any atom is -0.496 e. The van der Waals surface area contributed by atoms with E-state index in [-0.39, 0.29) is 5.28 Å². The molecule has 1 aromatic carbocycles. The summed E-state index contributed by atoms with van der Waals surface area (Å²) in [7, 11) is 1.64. The van der Waals surface area contributed by atoms with Crippen molar-refractivity contribution in [2.24, 2.45) is 0 Å². The molecule has 0 aliphatic rings. The van der Waals surface area contributed by atoms with Crippen LogP contribution in [0.5, 0.6) is 5.75 Å². The molecule has 88 valence electrons. The zero-order valence-corrected chi connectivity index (χ0v) is 10.7. The largest absolute Gasteiger partial charge is 0.496 e. The van der Waals surface area contributed by atoms with E-state index in [2.05, 4.69) is 9.97 Å². The second-order valence-corrected chi connectivity index (χ2v) is 4.21. The van der Waals surface area contributed by atoms with Gasteiger partial charge in [0.05, 0.1) is 12.8 Å². The van der Waals surface area contributed by atoms with Crippen molar-refractivity contribution >= 4 is 11.6 Å². The van der Waals surface area contributed by atoms with Gasteiger partial charge in [-0.05, 0) is 43.6 Å². The van der Waals surface area contributed by atoms with Crippen LogP contribution in [0.3, 0.4) is 0 Å². The highest BCUT2D eigenvalue weighted by atomic mass is 35.5. The standard InChI is InChI=1S/C13H13ClN2O/c1-8-4-5-12(17-3)10(6-8)11-7-9(2)15-13(14)16-11/h4-7H,1-3H3. The molecule has 0 spiro atoms. The maximum Gasteiger partial charge on any atom is 0.223 e. The lowest BCUT2D eigenvalue weighted by molar-refractivity contribution is 0.416. The first-order chi connectivity index (χ1) is 8.10. The summed E-state index contributed by atoms with van der Waals surface area (Å²) in [4.78, 5) is 8.28. The monoisotopic (exact) mass is 248 g/mol. The average molecular weight is 249 g/mol. The molecule has 0 aliphatic heterocycles. The summed E-state index contributed by atoms with van der Waals surface area (Å²) < 4.78 is 5.33. The van der Waals surface area contributed by atoms with Crippen molar-refractivity contribution in [1.29, 1.82) is 0 Å². The zero-order chi connectivity index (χ0) is 12.4. The Bertz CT molecular complexity index is 535. The fourth-order valence-electron chi connectivity index (χ4n) is 1.69. The lowest BCUT2D eigenvalue weighted by Gasteiger charge is -2.09. The van der Waals surface area contributed by atoms with Gasteiger partial charge in [0.15, 0.2) is 0 Å². The molecule has 0 N–H and O–H groups in total. The van der Waals surface area contributed by atoms with Gasteiger partial charge in [-0.3, -0.25) is 0 Å². The third-order valence-electron chi connectivity index (χ3n) is 2.46. The van der Waals surface area contributed by atoms with Crippen molar-refractivity contribution < 1.29 is 4.74 Å². The number of aryl methyl sites for hydroxylation is 2. The van der Waals surface area contributed by atoms with Gasteiger partial charge in [-0.2, -0.15) is 0 Å². The molecular weight excluding hydrogens is 236 g/mol. The molecule has 0 fully saturated rings. The third-order valence-corrected chi connectivity index (χ3v) is 2.63. The summed E-state index contributed by atoms with van der Waals surface area (Å²) in [6.45, 7) is 3.91. The van der Waals surface area contributed by atoms with Gasteiger partial charge in [-0.1, -0.05) is 11.6 Å². The molecule has 17 heavy (non-hydrogen) atoms. The van der Waals surface area contributed by atoms with Crippen molar-refractivity contribution in [2.75, 3.05) is 7.11 Å². The second-order valence-electron chi connectivity index (χ2n) is 3.87. The Kier molecular flexibility index (Phi) is 3.29. The van der Waals surface area contributed by atoms with Crippen LogP contribution in [-0.4, -0.2) is 17.1 Å². The van der Waals surface area contributed by atoms with E-state index in [1.165, 1.54) is 0 Å². The van der Waals surface area contributed by atoms with Gasteiger partial charge >= 0.3 is 0 Å². The van der Waals surface area contributed by atoms with Gasteiger partial charge in [-0.15, -0.1) is 0 Å². The van der Waals surface area contributed by atoms with Crippen molar-refractivity contribution in [3.63, 3.8) is 0 Å². The number of hydrogen-bond acceptors (Lipinski definition) is 3. The first-order valence-electron chi connectivity index (χ1n) is 5.26. The number of rotatable bonds is 2. The molecule has 0 saturated heterocycles. The Hall–Kier alpha value is -1.61. The Morgan fingerprint density at radius 3 is 2.53 bits per heavy atom. The van der Waals surface area contributed by atoms with Crippen LogP contribution in [0, 0.1) is 13.8 Å². The van der Waals surface area contributed by atoms with Crippen LogP contribution in [0.25, 0.3) is 11.3 Å². The Morgan fingerprint density at radius 1 is 1.12 bits per heavy atom.